The summed E-state index contributed by atoms with van der Waals surface area (Å²) >= 11 is 4.65. The average Bonchev–Trinajstić information content (AvgIpc) is 2.33. The van der Waals surface area contributed by atoms with Gasteiger partial charge in [0.05, 0.1) is 17.1 Å². The number of aliphatic carboxylic acids is 1. The lowest BCUT2D eigenvalue weighted by Gasteiger charge is -2.04. The van der Waals surface area contributed by atoms with Gasteiger partial charge in [0, 0.05) is 10.8 Å². The third-order valence-corrected chi connectivity index (χ3v) is 3.41. The summed E-state index contributed by atoms with van der Waals surface area (Å²) in [5, 5.41) is 8.54. The number of carbonyl (C=O) groups is 1. The van der Waals surface area contributed by atoms with Gasteiger partial charge in [-0.1, -0.05) is 6.92 Å². The van der Waals surface area contributed by atoms with Gasteiger partial charge in [0.25, 0.3) is 0 Å². The second-order valence-corrected chi connectivity index (χ2v) is 4.22. The van der Waals surface area contributed by atoms with Gasteiger partial charge in [0.15, 0.2) is 0 Å². The largest absolute Gasteiger partial charge is 0.481 e. The first-order chi connectivity index (χ1) is 5.61. The summed E-state index contributed by atoms with van der Waals surface area (Å²) < 4.78 is 4.86. The topological polar surface area (TPSA) is 50.2 Å². The molecule has 1 heterocycles. The summed E-state index contributed by atoms with van der Waals surface area (Å²) in [7, 11) is 0. The summed E-state index contributed by atoms with van der Waals surface area (Å²) in [6, 6.07) is 0. The highest BCUT2D eigenvalue weighted by molar-refractivity contribution is 9.10. The number of hydrogen-bond acceptors (Lipinski definition) is 3. The second kappa shape index (κ2) is 4.00. The lowest BCUT2D eigenvalue weighted by atomic mass is 10.1. The highest BCUT2D eigenvalue weighted by Crippen LogP contribution is 2.29. The molecular formula is C7H8BrNO2S. The fraction of sp³-hybridized carbons (Fsp3) is 0.429. The number of aromatic nitrogens is 1. The van der Waals surface area contributed by atoms with Crippen LogP contribution in [0.3, 0.4) is 0 Å². The Morgan fingerprint density at radius 1 is 1.92 bits per heavy atom. The van der Waals surface area contributed by atoms with Crippen molar-refractivity contribution < 1.29 is 9.90 Å². The van der Waals surface area contributed by atoms with Crippen LogP contribution in [0, 0.1) is 0 Å². The quantitative estimate of drug-likeness (QED) is 0.896. The Hall–Kier alpha value is -0.420. The molecule has 0 amide bonds. The van der Waals surface area contributed by atoms with E-state index in [9.17, 15) is 4.79 Å². The maximum atomic E-state index is 10.4. The minimum atomic E-state index is -0.775. The van der Waals surface area contributed by atoms with Gasteiger partial charge in [-0.25, -0.2) is 0 Å². The molecule has 0 fully saturated rings. The van der Waals surface area contributed by atoms with Crippen LogP contribution < -0.4 is 0 Å². The first kappa shape index (κ1) is 9.67. The van der Waals surface area contributed by atoms with E-state index < -0.39 is 5.97 Å². The molecule has 3 nitrogen and oxygen atoms in total. The predicted molar refractivity (Wildman–Crippen MR) is 50.5 cm³/mol. The SMILES string of the molecule is CC(CC(=O)O)c1sncc1Br. The summed E-state index contributed by atoms with van der Waals surface area (Å²) in [5.41, 5.74) is 0. The zero-order valence-corrected chi connectivity index (χ0v) is 8.85. The molecule has 66 valence electrons. The molecule has 0 aliphatic rings. The van der Waals surface area contributed by atoms with E-state index in [1.54, 1.807) is 6.20 Å². The van der Waals surface area contributed by atoms with Crippen molar-refractivity contribution in [1.82, 2.24) is 4.37 Å². The van der Waals surface area contributed by atoms with Crippen LogP contribution in [0.4, 0.5) is 0 Å². The number of carboxylic acid groups (broad SMARTS) is 1. The van der Waals surface area contributed by atoms with Gasteiger partial charge < -0.3 is 5.11 Å². The second-order valence-electron chi connectivity index (χ2n) is 2.54. The molecule has 1 rings (SSSR count). The van der Waals surface area contributed by atoms with Crippen molar-refractivity contribution in [3.8, 4) is 0 Å². The average molecular weight is 250 g/mol. The van der Waals surface area contributed by atoms with Gasteiger partial charge in [-0.15, -0.1) is 0 Å². The summed E-state index contributed by atoms with van der Waals surface area (Å²) in [6.45, 7) is 1.88. The Labute approximate surface area is 82.7 Å². The third-order valence-electron chi connectivity index (χ3n) is 1.48. The molecule has 1 aromatic heterocycles. The molecule has 1 atom stereocenters. The zero-order chi connectivity index (χ0) is 9.14. The Balaban J connectivity index is 2.71. The molecule has 0 bridgehead atoms. The molecule has 0 saturated heterocycles. The van der Waals surface area contributed by atoms with Crippen LogP contribution in [-0.4, -0.2) is 15.4 Å². The summed E-state index contributed by atoms with van der Waals surface area (Å²) in [6.07, 6.45) is 1.85. The summed E-state index contributed by atoms with van der Waals surface area (Å²) in [5.74, 6) is -0.743. The molecule has 12 heavy (non-hydrogen) atoms. The van der Waals surface area contributed by atoms with Crippen molar-refractivity contribution in [2.75, 3.05) is 0 Å². The smallest absolute Gasteiger partial charge is 0.303 e. The van der Waals surface area contributed by atoms with Gasteiger partial charge in [-0.2, -0.15) is 4.37 Å². The third kappa shape index (κ3) is 2.28. The molecule has 5 heteroatoms. The molecule has 1 aromatic rings. The zero-order valence-electron chi connectivity index (χ0n) is 6.45. The van der Waals surface area contributed by atoms with E-state index in [0.29, 0.717) is 0 Å². The van der Waals surface area contributed by atoms with E-state index in [0.717, 1.165) is 9.35 Å². The molecule has 0 saturated carbocycles. The van der Waals surface area contributed by atoms with Crippen LogP contribution >= 0.6 is 27.5 Å². The number of halogens is 1. The van der Waals surface area contributed by atoms with Gasteiger partial charge in [0.2, 0.25) is 0 Å². The maximum Gasteiger partial charge on any atom is 0.303 e. The van der Waals surface area contributed by atoms with E-state index in [2.05, 4.69) is 20.3 Å². The molecule has 0 aromatic carbocycles. The van der Waals surface area contributed by atoms with E-state index >= 15 is 0 Å². The van der Waals surface area contributed by atoms with Gasteiger partial charge in [0.1, 0.15) is 0 Å². The van der Waals surface area contributed by atoms with Crippen molar-refractivity contribution in [2.45, 2.75) is 19.3 Å². The highest BCUT2D eigenvalue weighted by Gasteiger charge is 2.14. The van der Waals surface area contributed by atoms with E-state index in [1.807, 2.05) is 6.92 Å². The van der Waals surface area contributed by atoms with E-state index in [-0.39, 0.29) is 12.3 Å². The molecule has 0 spiro atoms. The normalized spacial score (nSPS) is 12.8. The van der Waals surface area contributed by atoms with Crippen molar-refractivity contribution in [3.05, 3.63) is 15.5 Å². The number of rotatable bonds is 3. The molecule has 0 aliphatic carbocycles. The molecular weight excluding hydrogens is 242 g/mol. The number of carboxylic acids is 1. The molecule has 1 unspecified atom stereocenters. The van der Waals surface area contributed by atoms with Gasteiger partial charge >= 0.3 is 5.97 Å². The first-order valence-electron chi connectivity index (χ1n) is 3.43. The first-order valence-corrected chi connectivity index (χ1v) is 4.99. The van der Waals surface area contributed by atoms with Crippen molar-refractivity contribution in [3.63, 3.8) is 0 Å². The fourth-order valence-corrected chi connectivity index (χ4v) is 2.44. The maximum absolute atomic E-state index is 10.4. The van der Waals surface area contributed by atoms with Crippen LogP contribution in [0.1, 0.15) is 24.1 Å². The van der Waals surface area contributed by atoms with Crippen LogP contribution in [0.2, 0.25) is 0 Å². The van der Waals surface area contributed by atoms with E-state index in [4.69, 9.17) is 5.11 Å². The Bertz CT molecular complexity index is 287. The highest BCUT2D eigenvalue weighted by atomic mass is 79.9. The van der Waals surface area contributed by atoms with Crippen molar-refractivity contribution in [2.24, 2.45) is 0 Å². The van der Waals surface area contributed by atoms with Gasteiger partial charge in [-0.3, -0.25) is 4.79 Å². The molecule has 1 N–H and O–H groups in total. The monoisotopic (exact) mass is 249 g/mol. The Kier molecular flexibility index (Phi) is 3.22. The molecule has 0 radical (unpaired) electrons. The lowest BCUT2D eigenvalue weighted by Crippen LogP contribution is -2.01. The van der Waals surface area contributed by atoms with E-state index in [1.165, 1.54) is 11.5 Å². The van der Waals surface area contributed by atoms with Crippen molar-refractivity contribution in [1.29, 1.82) is 0 Å². The standard InChI is InChI=1S/C7H8BrNO2S/c1-4(2-6(10)11)7-5(8)3-9-12-7/h3-4H,2H2,1H3,(H,10,11). The van der Waals surface area contributed by atoms with Crippen molar-refractivity contribution >= 4 is 33.4 Å². The minimum Gasteiger partial charge on any atom is -0.481 e. The van der Waals surface area contributed by atoms with Crippen LogP contribution in [0.15, 0.2) is 10.7 Å². The fourth-order valence-electron chi connectivity index (χ4n) is 0.917. The lowest BCUT2D eigenvalue weighted by molar-refractivity contribution is -0.137. The Morgan fingerprint density at radius 2 is 2.58 bits per heavy atom. The predicted octanol–water partition coefficient (Wildman–Crippen LogP) is 2.48. The Morgan fingerprint density at radius 3 is 3.00 bits per heavy atom. The van der Waals surface area contributed by atoms with Crippen LogP contribution in [0.25, 0.3) is 0 Å². The minimum absolute atomic E-state index is 0.0318. The van der Waals surface area contributed by atoms with Crippen LogP contribution in [-0.2, 0) is 4.79 Å². The number of hydrogen-bond donors (Lipinski definition) is 1. The summed E-state index contributed by atoms with van der Waals surface area (Å²) in [4.78, 5) is 11.4. The van der Waals surface area contributed by atoms with Gasteiger partial charge in [-0.05, 0) is 27.5 Å². The molecule has 0 aliphatic heterocycles. The number of nitrogens with zero attached hydrogens (tertiary/aromatic N) is 1. The van der Waals surface area contributed by atoms with Crippen LogP contribution in [0.5, 0.6) is 0 Å².